The van der Waals surface area contributed by atoms with Gasteiger partial charge in [0.2, 0.25) is 5.91 Å². The second-order valence-electron chi connectivity index (χ2n) is 8.43. The fourth-order valence-electron chi connectivity index (χ4n) is 4.93. The van der Waals surface area contributed by atoms with Crippen molar-refractivity contribution in [2.75, 3.05) is 31.1 Å². The molecule has 0 saturated carbocycles. The molecule has 2 saturated heterocycles. The molecule has 2 heterocycles. The number of carbonyl (C=O) groups is 1. The van der Waals surface area contributed by atoms with Crippen LogP contribution in [0.5, 0.6) is 0 Å². The fraction of sp³-hybridized carbons (Fsp3) is 0.571. The Hall–Kier alpha value is -2.58. The number of anilines is 1. The number of halogens is 3. The first-order valence-corrected chi connectivity index (χ1v) is 10.3. The highest BCUT2D eigenvalue weighted by molar-refractivity contribution is 5.79. The monoisotopic (exact) mass is 423 g/mol. The van der Waals surface area contributed by atoms with Crippen molar-refractivity contribution in [3.63, 3.8) is 0 Å². The molecular formula is C21H24F3N3O3. The summed E-state index contributed by atoms with van der Waals surface area (Å²) >= 11 is 0. The van der Waals surface area contributed by atoms with Gasteiger partial charge in [-0.05, 0) is 49.7 Å². The van der Waals surface area contributed by atoms with Gasteiger partial charge >= 0.3 is 6.18 Å². The zero-order chi connectivity index (χ0) is 21.5. The number of nitro groups is 1. The largest absolute Gasteiger partial charge is 0.416 e. The molecule has 162 valence electrons. The van der Waals surface area contributed by atoms with Gasteiger partial charge in [-0.2, -0.15) is 13.2 Å². The predicted molar refractivity (Wildman–Crippen MR) is 105 cm³/mol. The Morgan fingerprint density at radius 2 is 1.67 bits per heavy atom. The molecule has 0 aromatic heterocycles. The van der Waals surface area contributed by atoms with E-state index in [1.165, 1.54) is 6.07 Å². The molecule has 2 aliphatic heterocycles. The van der Waals surface area contributed by atoms with E-state index in [0.29, 0.717) is 43.8 Å². The first-order chi connectivity index (χ1) is 14.2. The van der Waals surface area contributed by atoms with Crippen molar-refractivity contribution in [2.45, 2.75) is 31.9 Å². The average Bonchev–Trinajstić information content (AvgIpc) is 3.16. The number of hydrogen-bond acceptors (Lipinski definition) is 4. The Bertz CT molecular complexity index is 847. The molecule has 4 rings (SSSR count). The number of piperidine rings is 1. The van der Waals surface area contributed by atoms with E-state index in [1.54, 1.807) is 4.90 Å². The van der Waals surface area contributed by atoms with Crippen LogP contribution in [0.2, 0.25) is 0 Å². The van der Waals surface area contributed by atoms with Crippen LogP contribution in [0, 0.1) is 27.9 Å². The van der Waals surface area contributed by atoms with Crippen LogP contribution in [0.1, 0.15) is 31.2 Å². The number of amides is 1. The Labute approximate surface area is 172 Å². The van der Waals surface area contributed by atoms with E-state index in [4.69, 9.17) is 0 Å². The normalized spacial score (nSPS) is 24.8. The minimum Gasteiger partial charge on any atom is -0.366 e. The van der Waals surface area contributed by atoms with Gasteiger partial charge in [-0.1, -0.05) is 12.2 Å². The number of carbonyl (C=O) groups excluding carboxylic acids is 1. The number of likely N-dealkylation sites (tertiary alicyclic amines) is 1. The van der Waals surface area contributed by atoms with Crippen molar-refractivity contribution in [2.24, 2.45) is 17.8 Å². The molecule has 30 heavy (non-hydrogen) atoms. The number of fused-ring (bicyclic) bond motifs is 1. The summed E-state index contributed by atoms with van der Waals surface area (Å²) in [5, 5.41) is 11.4. The third kappa shape index (κ3) is 4.02. The number of benzene rings is 1. The summed E-state index contributed by atoms with van der Waals surface area (Å²) in [6.07, 6.45) is 2.86. The van der Waals surface area contributed by atoms with Crippen LogP contribution in [0.3, 0.4) is 0 Å². The molecule has 1 aromatic rings. The van der Waals surface area contributed by atoms with Crippen LogP contribution >= 0.6 is 0 Å². The lowest BCUT2D eigenvalue weighted by atomic mass is 9.86. The first-order valence-electron chi connectivity index (χ1n) is 10.3. The molecule has 1 aromatic carbocycles. The van der Waals surface area contributed by atoms with E-state index in [0.717, 1.165) is 32.0 Å². The lowest BCUT2D eigenvalue weighted by Gasteiger charge is -2.34. The predicted octanol–water partition coefficient (Wildman–Crippen LogP) is 4.25. The molecule has 1 amide bonds. The van der Waals surface area contributed by atoms with Gasteiger partial charge in [-0.3, -0.25) is 14.9 Å². The maximum Gasteiger partial charge on any atom is 0.416 e. The average molecular weight is 423 g/mol. The summed E-state index contributed by atoms with van der Waals surface area (Å²) in [5.74, 6) is 1.08. The molecule has 0 radical (unpaired) electrons. The van der Waals surface area contributed by atoms with Gasteiger partial charge in [0.1, 0.15) is 5.69 Å². The standard InChI is InChI=1S/C21H24F3N3O3/c22-21(23,24)17-5-6-18(19(11-17)27(29)30)25-9-7-14(8-10-25)20(28)26-12-15-3-1-2-4-16(15)13-26/h1-2,5-6,11,14-16H,3-4,7-10,12-13H2/t15-,16+. The Balaban J connectivity index is 1.41. The topological polar surface area (TPSA) is 66.7 Å². The maximum absolute atomic E-state index is 13.0. The highest BCUT2D eigenvalue weighted by Crippen LogP contribution is 2.38. The smallest absolute Gasteiger partial charge is 0.366 e. The van der Waals surface area contributed by atoms with Gasteiger partial charge in [0.15, 0.2) is 0 Å². The van der Waals surface area contributed by atoms with Crippen LogP contribution in [0.25, 0.3) is 0 Å². The van der Waals surface area contributed by atoms with Gasteiger partial charge < -0.3 is 9.80 Å². The lowest BCUT2D eigenvalue weighted by molar-refractivity contribution is -0.384. The number of nitro benzene ring substituents is 1. The number of hydrogen-bond donors (Lipinski definition) is 0. The summed E-state index contributed by atoms with van der Waals surface area (Å²) in [6.45, 7) is 2.40. The maximum atomic E-state index is 13.0. The summed E-state index contributed by atoms with van der Waals surface area (Å²) in [5.41, 5.74) is -1.41. The lowest BCUT2D eigenvalue weighted by Crippen LogP contribution is -2.42. The Morgan fingerprint density at radius 3 is 2.20 bits per heavy atom. The van der Waals surface area contributed by atoms with E-state index in [1.807, 2.05) is 4.90 Å². The molecule has 0 spiro atoms. The van der Waals surface area contributed by atoms with Crippen LogP contribution < -0.4 is 4.90 Å². The van der Waals surface area contributed by atoms with Crippen LogP contribution in [0.15, 0.2) is 30.4 Å². The van der Waals surface area contributed by atoms with E-state index in [-0.39, 0.29) is 17.5 Å². The van der Waals surface area contributed by atoms with Gasteiger partial charge in [-0.25, -0.2) is 0 Å². The van der Waals surface area contributed by atoms with E-state index >= 15 is 0 Å². The number of alkyl halides is 3. The summed E-state index contributed by atoms with van der Waals surface area (Å²) in [7, 11) is 0. The molecule has 0 bridgehead atoms. The van der Waals surface area contributed by atoms with E-state index < -0.39 is 22.4 Å². The van der Waals surface area contributed by atoms with Gasteiger partial charge in [-0.15, -0.1) is 0 Å². The second kappa shape index (κ2) is 7.92. The highest BCUT2D eigenvalue weighted by Gasteiger charge is 2.39. The number of rotatable bonds is 3. The van der Waals surface area contributed by atoms with Crippen LogP contribution in [-0.4, -0.2) is 41.9 Å². The number of nitrogens with zero attached hydrogens (tertiary/aromatic N) is 3. The quantitative estimate of drug-likeness (QED) is 0.414. The van der Waals surface area contributed by atoms with Crippen molar-refractivity contribution in [3.05, 3.63) is 46.0 Å². The molecule has 0 N–H and O–H groups in total. The Kier molecular flexibility index (Phi) is 5.46. The van der Waals surface area contributed by atoms with Crippen molar-refractivity contribution < 1.29 is 22.9 Å². The van der Waals surface area contributed by atoms with Gasteiger partial charge in [0.25, 0.3) is 5.69 Å². The minimum absolute atomic E-state index is 0.136. The minimum atomic E-state index is -4.63. The van der Waals surface area contributed by atoms with Crippen molar-refractivity contribution in [1.82, 2.24) is 4.90 Å². The third-order valence-electron chi connectivity index (χ3n) is 6.62. The summed E-state index contributed by atoms with van der Waals surface area (Å²) in [6, 6.07) is 2.63. The van der Waals surface area contributed by atoms with Crippen molar-refractivity contribution in [3.8, 4) is 0 Å². The molecular weight excluding hydrogens is 399 g/mol. The molecule has 9 heteroatoms. The van der Waals surface area contributed by atoms with Gasteiger partial charge in [0.05, 0.1) is 10.5 Å². The molecule has 1 aliphatic carbocycles. The zero-order valence-electron chi connectivity index (χ0n) is 16.5. The molecule has 2 atom stereocenters. The molecule has 6 nitrogen and oxygen atoms in total. The molecule has 2 fully saturated rings. The van der Waals surface area contributed by atoms with Crippen LogP contribution in [0.4, 0.5) is 24.5 Å². The van der Waals surface area contributed by atoms with Crippen LogP contribution in [-0.2, 0) is 11.0 Å². The SMILES string of the molecule is O=C(C1CCN(c2ccc(C(F)(F)F)cc2[N+](=O)[O-])CC1)N1C[C@H]2CC=CC[C@H]2C1. The van der Waals surface area contributed by atoms with E-state index in [9.17, 15) is 28.1 Å². The second-order valence-corrected chi connectivity index (χ2v) is 8.43. The van der Waals surface area contributed by atoms with Crippen molar-refractivity contribution >= 4 is 17.3 Å². The summed E-state index contributed by atoms with van der Waals surface area (Å²) < 4.78 is 38.8. The van der Waals surface area contributed by atoms with Gasteiger partial charge in [0, 0.05) is 38.2 Å². The molecule has 0 unspecified atom stereocenters. The fourth-order valence-corrected chi connectivity index (χ4v) is 4.93. The summed E-state index contributed by atoms with van der Waals surface area (Å²) in [4.78, 5) is 27.2. The highest BCUT2D eigenvalue weighted by atomic mass is 19.4. The first kappa shape index (κ1) is 20.7. The Morgan fingerprint density at radius 1 is 1.07 bits per heavy atom. The van der Waals surface area contributed by atoms with Crippen molar-refractivity contribution in [1.29, 1.82) is 0 Å². The zero-order valence-corrected chi connectivity index (χ0v) is 16.5. The molecule has 3 aliphatic rings. The third-order valence-corrected chi connectivity index (χ3v) is 6.62. The van der Waals surface area contributed by atoms with E-state index in [2.05, 4.69) is 12.2 Å². The number of allylic oxidation sites excluding steroid dienone is 2.